The van der Waals surface area contributed by atoms with E-state index < -0.39 is 5.79 Å². The zero-order chi connectivity index (χ0) is 17.3. The van der Waals surface area contributed by atoms with Crippen LogP contribution >= 0.6 is 0 Å². The first kappa shape index (κ1) is 24.1. The maximum absolute atomic E-state index is 5.46. The van der Waals surface area contributed by atoms with Crippen LogP contribution < -0.4 is 0 Å². The Morgan fingerprint density at radius 1 is 0.727 bits per heavy atom. The van der Waals surface area contributed by atoms with Crippen molar-refractivity contribution in [2.45, 2.75) is 86.0 Å². The Hall–Kier alpha value is -0.160. The molecule has 0 saturated carbocycles. The van der Waals surface area contributed by atoms with E-state index in [1.165, 1.54) is 0 Å². The van der Waals surface area contributed by atoms with E-state index in [9.17, 15) is 0 Å². The Morgan fingerprint density at radius 3 is 1.59 bits per heavy atom. The second-order valence-electron chi connectivity index (χ2n) is 5.85. The lowest BCUT2D eigenvalue weighted by Crippen LogP contribution is -2.29. The number of rotatable bonds is 13. The van der Waals surface area contributed by atoms with Gasteiger partial charge in [0.25, 0.3) is 0 Å². The van der Waals surface area contributed by atoms with Crippen molar-refractivity contribution < 1.29 is 18.9 Å². The average Bonchev–Trinajstić information content (AvgIpc) is 2.50. The van der Waals surface area contributed by atoms with E-state index in [2.05, 4.69) is 27.7 Å². The number of ether oxygens (including phenoxy) is 4. The molecule has 0 aliphatic rings. The topological polar surface area (TPSA) is 36.9 Å². The second-order valence-corrected chi connectivity index (χ2v) is 5.85. The van der Waals surface area contributed by atoms with Crippen molar-refractivity contribution in [3.63, 3.8) is 0 Å². The van der Waals surface area contributed by atoms with E-state index in [1.807, 2.05) is 20.8 Å². The fourth-order valence-corrected chi connectivity index (χ4v) is 1.50. The van der Waals surface area contributed by atoms with Crippen LogP contribution in [-0.2, 0) is 18.9 Å². The van der Waals surface area contributed by atoms with Gasteiger partial charge in [-0.15, -0.1) is 0 Å². The summed E-state index contributed by atoms with van der Waals surface area (Å²) in [4.78, 5) is 0. The molecule has 0 aromatic heterocycles. The molecule has 0 heterocycles. The molecule has 0 radical (unpaired) electrons. The molecule has 4 heteroatoms. The van der Waals surface area contributed by atoms with Crippen molar-refractivity contribution in [2.75, 3.05) is 33.0 Å². The summed E-state index contributed by atoms with van der Waals surface area (Å²) < 4.78 is 21.6. The van der Waals surface area contributed by atoms with Crippen LogP contribution in [0.3, 0.4) is 0 Å². The second kappa shape index (κ2) is 17.2. The molecule has 0 fully saturated rings. The molecule has 0 aliphatic heterocycles. The summed E-state index contributed by atoms with van der Waals surface area (Å²) in [7, 11) is 0. The predicted molar refractivity (Wildman–Crippen MR) is 93.4 cm³/mol. The van der Waals surface area contributed by atoms with Gasteiger partial charge in [-0.3, -0.25) is 0 Å². The normalized spacial score (nSPS) is 12.7. The molecule has 0 spiro atoms. The van der Waals surface area contributed by atoms with Gasteiger partial charge in [0.2, 0.25) is 0 Å². The lowest BCUT2D eigenvalue weighted by atomic mass is 10.3. The van der Waals surface area contributed by atoms with Crippen molar-refractivity contribution >= 4 is 0 Å². The molecule has 0 aromatic carbocycles. The first-order chi connectivity index (χ1) is 10.4. The monoisotopic (exact) mass is 320 g/mol. The van der Waals surface area contributed by atoms with Crippen LogP contribution in [0.1, 0.15) is 74.1 Å². The highest BCUT2D eigenvalue weighted by molar-refractivity contribution is 4.52. The maximum Gasteiger partial charge on any atom is 0.162 e. The highest BCUT2D eigenvalue weighted by atomic mass is 16.7. The van der Waals surface area contributed by atoms with Crippen molar-refractivity contribution in [3.8, 4) is 0 Å². The molecule has 0 aromatic rings. The molecule has 136 valence electrons. The first-order valence-corrected chi connectivity index (χ1v) is 8.90. The van der Waals surface area contributed by atoms with Gasteiger partial charge in [-0.2, -0.15) is 0 Å². The third kappa shape index (κ3) is 19.8. The Bertz CT molecular complexity index is 197. The van der Waals surface area contributed by atoms with Crippen LogP contribution in [0.5, 0.6) is 0 Å². The van der Waals surface area contributed by atoms with Crippen molar-refractivity contribution in [1.82, 2.24) is 0 Å². The third-order valence-electron chi connectivity index (χ3n) is 2.62. The number of hydrogen-bond donors (Lipinski definition) is 0. The van der Waals surface area contributed by atoms with E-state index in [0.717, 1.165) is 58.7 Å². The summed E-state index contributed by atoms with van der Waals surface area (Å²) in [6.07, 6.45) is 4.50. The summed E-state index contributed by atoms with van der Waals surface area (Å²) in [5.74, 6) is -0.397. The lowest BCUT2D eigenvalue weighted by molar-refractivity contribution is -0.213. The van der Waals surface area contributed by atoms with Gasteiger partial charge in [-0.1, -0.05) is 27.7 Å². The van der Waals surface area contributed by atoms with Crippen LogP contribution in [0.25, 0.3) is 0 Å². The molecular weight excluding hydrogens is 280 g/mol. The molecule has 0 rings (SSSR count). The third-order valence-corrected chi connectivity index (χ3v) is 2.62. The highest BCUT2D eigenvalue weighted by Crippen LogP contribution is 2.11. The van der Waals surface area contributed by atoms with Gasteiger partial charge in [-0.25, -0.2) is 0 Å². The predicted octanol–water partition coefficient (Wildman–Crippen LogP) is 4.80. The fourth-order valence-electron chi connectivity index (χ4n) is 1.50. The zero-order valence-corrected chi connectivity index (χ0v) is 16.1. The van der Waals surface area contributed by atoms with Crippen molar-refractivity contribution in [2.24, 2.45) is 0 Å². The van der Waals surface area contributed by atoms with E-state index in [0.29, 0.717) is 0 Å². The van der Waals surface area contributed by atoms with Gasteiger partial charge in [0, 0.05) is 26.4 Å². The Balaban J connectivity index is 0. The summed E-state index contributed by atoms with van der Waals surface area (Å²) in [5, 5.41) is 0. The Morgan fingerprint density at radius 2 is 1.18 bits per heavy atom. The molecule has 0 aliphatic carbocycles. The first-order valence-electron chi connectivity index (χ1n) is 8.90. The van der Waals surface area contributed by atoms with Gasteiger partial charge in [0.15, 0.2) is 5.79 Å². The van der Waals surface area contributed by atoms with Crippen LogP contribution in [0.4, 0.5) is 0 Å². The summed E-state index contributed by atoms with van der Waals surface area (Å²) in [5.41, 5.74) is 0. The molecule has 22 heavy (non-hydrogen) atoms. The summed E-state index contributed by atoms with van der Waals surface area (Å²) in [6.45, 7) is 18.3. The van der Waals surface area contributed by atoms with Crippen LogP contribution in [0, 0.1) is 0 Å². The van der Waals surface area contributed by atoms with Gasteiger partial charge in [0.1, 0.15) is 0 Å². The summed E-state index contributed by atoms with van der Waals surface area (Å²) in [6, 6.07) is 0. The van der Waals surface area contributed by atoms with Gasteiger partial charge >= 0.3 is 0 Å². The van der Waals surface area contributed by atoms with Crippen molar-refractivity contribution in [1.29, 1.82) is 0 Å². The fraction of sp³-hybridized carbons (Fsp3) is 1.00. The minimum absolute atomic E-state index is 0.251. The molecular formula is C18H40O4. The SMILES string of the molecule is CCCOC(C)(C)OCCC.CCCOCC(C)OCCC. The Kier molecular flexibility index (Phi) is 18.8. The quantitative estimate of drug-likeness (QED) is 0.361. The van der Waals surface area contributed by atoms with E-state index in [1.54, 1.807) is 0 Å². The maximum atomic E-state index is 5.46. The molecule has 1 atom stereocenters. The van der Waals surface area contributed by atoms with E-state index >= 15 is 0 Å². The van der Waals surface area contributed by atoms with Gasteiger partial charge in [-0.05, 0) is 46.5 Å². The summed E-state index contributed by atoms with van der Waals surface area (Å²) >= 11 is 0. The van der Waals surface area contributed by atoms with E-state index in [4.69, 9.17) is 18.9 Å². The van der Waals surface area contributed by atoms with E-state index in [-0.39, 0.29) is 6.10 Å². The minimum Gasteiger partial charge on any atom is -0.379 e. The number of hydrogen-bond acceptors (Lipinski definition) is 4. The van der Waals surface area contributed by atoms with Gasteiger partial charge in [0.05, 0.1) is 12.7 Å². The lowest BCUT2D eigenvalue weighted by Gasteiger charge is -2.25. The van der Waals surface area contributed by atoms with Crippen LogP contribution in [-0.4, -0.2) is 44.9 Å². The zero-order valence-electron chi connectivity index (χ0n) is 16.1. The standard InChI is InChI=1S/2C9H20O2/c1-5-7-10-9(3,4)11-8-6-2;1-4-6-10-8-9(3)11-7-5-2/h5-8H2,1-4H3;9H,4-8H2,1-3H3. The largest absolute Gasteiger partial charge is 0.379 e. The molecule has 0 saturated heterocycles. The molecule has 1 unspecified atom stereocenters. The van der Waals surface area contributed by atoms with Crippen LogP contribution in [0.15, 0.2) is 0 Å². The molecule has 0 bridgehead atoms. The molecule has 0 amide bonds. The highest BCUT2D eigenvalue weighted by Gasteiger charge is 2.16. The smallest absolute Gasteiger partial charge is 0.162 e. The molecule has 0 N–H and O–H groups in total. The van der Waals surface area contributed by atoms with Crippen LogP contribution in [0.2, 0.25) is 0 Å². The Labute approximate surface area is 138 Å². The minimum atomic E-state index is -0.397. The van der Waals surface area contributed by atoms with Crippen molar-refractivity contribution in [3.05, 3.63) is 0 Å². The van der Waals surface area contributed by atoms with Gasteiger partial charge < -0.3 is 18.9 Å². The average molecular weight is 321 g/mol. The molecule has 4 nitrogen and oxygen atoms in total.